The number of benzene rings is 1. The molecule has 0 bridgehead atoms. The molecule has 1 N–H and O–H groups in total. The molecule has 1 amide bonds. The lowest BCUT2D eigenvalue weighted by molar-refractivity contribution is 0.0953. The van der Waals surface area contributed by atoms with Gasteiger partial charge < -0.3 is 5.32 Å². The SMILES string of the molecule is O=C(NCCCCCCI)c1ccc(F)c(Br)c1. The highest BCUT2D eigenvalue weighted by Crippen LogP contribution is 2.16. The monoisotopic (exact) mass is 427 g/mol. The van der Waals surface area contributed by atoms with Gasteiger partial charge in [0.1, 0.15) is 5.82 Å². The van der Waals surface area contributed by atoms with Crippen molar-refractivity contribution in [2.75, 3.05) is 11.0 Å². The molecule has 0 aliphatic rings. The average molecular weight is 428 g/mol. The molecule has 1 aromatic rings. The minimum absolute atomic E-state index is 0.149. The molecule has 2 nitrogen and oxygen atoms in total. The lowest BCUT2D eigenvalue weighted by Gasteiger charge is -2.05. The summed E-state index contributed by atoms with van der Waals surface area (Å²) in [6, 6.07) is 4.28. The van der Waals surface area contributed by atoms with Crippen molar-refractivity contribution < 1.29 is 9.18 Å². The van der Waals surface area contributed by atoms with Gasteiger partial charge >= 0.3 is 0 Å². The summed E-state index contributed by atoms with van der Waals surface area (Å²) >= 11 is 5.44. The van der Waals surface area contributed by atoms with E-state index in [0.717, 1.165) is 12.8 Å². The first-order chi connectivity index (χ1) is 8.65. The predicted octanol–water partition coefficient (Wildman–Crippen LogP) is 4.31. The van der Waals surface area contributed by atoms with E-state index in [1.54, 1.807) is 0 Å². The molecule has 0 fully saturated rings. The van der Waals surface area contributed by atoms with Crippen LogP contribution in [0.15, 0.2) is 22.7 Å². The second kappa shape index (κ2) is 8.85. The number of amides is 1. The summed E-state index contributed by atoms with van der Waals surface area (Å²) in [5.41, 5.74) is 0.482. The molecule has 0 saturated heterocycles. The zero-order chi connectivity index (χ0) is 13.4. The quantitative estimate of drug-likeness (QED) is 0.392. The maximum absolute atomic E-state index is 13.0. The second-order valence-corrected chi connectivity index (χ2v) is 5.92. The van der Waals surface area contributed by atoms with E-state index in [4.69, 9.17) is 0 Å². The Bertz CT molecular complexity index is 401. The van der Waals surface area contributed by atoms with Gasteiger partial charge in [0.05, 0.1) is 4.47 Å². The van der Waals surface area contributed by atoms with Crippen LogP contribution in [0.2, 0.25) is 0 Å². The summed E-state index contributed by atoms with van der Waals surface area (Å²) in [4.78, 5) is 11.7. The molecule has 0 aliphatic carbocycles. The van der Waals surface area contributed by atoms with E-state index in [9.17, 15) is 9.18 Å². The third-order valence-electron chi connectivity index (χ3n) is 2.53. The first kappa shape index (κ1) is 15.9. The Morgan fingerprint density at radius 1 is 1.28 bits per heavy atom. The molecule has 0 spiro atoms. The molecule has 0 aliphatic heterocycles. The van der Waals surface area contributed by atoms with Gasteiger partial charge in [0.15, 0.2) is 0 Å². The fourth-order valence-corrected chi connectivity index (χ4v) is 2.43. The van der Waals surface area contributed by atoms with Gasteiger partial charge in [-0.3, -0.25) is 4.79 Å². The molecule has 1 aromatic carbocycles. The molecule has 0 heterocycles. The van der Waals surface area contributed by atoms with Gasteiger partial charge in [0, 0.05) is 12.1 Å². The van der Waals surface area contributed by atoms with Crippen molar-refractivity contribution >= 4 is 44.4 Å². The minimum Gasteiger partial charge on any atom is -0.352 e. The molecule has 100 valence electrons. The van der Waals surface area contributed by atoms with Crippen LogP contribution in [0.4, 0.5) is 4.39 Å². The van der Waals surface area contributed by atoms with Crippen molar-refractivity contribution in [1.29, 1.82) is 0 Å². The van der Waals surface area contributed by atoms with Gasteiger partial charge in [-0.1, -0.05) is 35.4 Å². The van der Waals surface area contributed by atoms with Crippen LogP contribution in [0.5, 0.6) is 0 Å². The van der Waals surface area contributed by atoms with Crippen molar-refractivity contribution in [2.24, 2.45) is 0 Å². The summed E-state index contributed by atoms with van der Waals surface area (Å²) in [5, 5.41) is 2.84. The first-order valence-corrected chi connectivity index (χ1v) is 8.26. The molecular formula is C13H16BrFINO. The van der Waals surface area contributed by atoms with Crippen molar-refractivity contribution in [2.45, 2.75) is 25.7 Å². The number of alkyl halides is 1. The molecule has 0 unspecified atom stereocenters. The lowest BCUT2D eigenvalue weighted by Crippen LogP contribution is -2.24. The van der Waals surface area contributed by atoms with Gasteiger partial charge in [-0.25, -0.2) is 4.39 Å². The summed E-state index contributed by atoms with van der Waals surface area (Å²) in [6.07, 6.45) is 4.57. The topological polar surface area (TPSA) is 29.1 Å². The van der Waals surface area contributed by atoms with Crippen molar-refractivity contribution in [1.82, 2.24) is 5.32 Å². The molecular weight excluding hydrogens is 412 g/mol. The number of carbonyl (C=O) groups is 1. The third kappa shape index (κ3) is 5.65. The van der Waals surface area contributed by atoms with Gasteiger partial charge in [0.25, 0.3) is 5.91 Å². The van der Waals surface area contributed by atoms with E-state index in [1.165, 1.54) is 35.5 Å². The van der Waals surface area contributed by atoms with E-state index in [0.29, 0.717) is 16.6 Å². The first-order valence-electron chi connectivity index (χ1n) is 5.94. The Labute approximate surface area is 129 Å². The Balaban J connectivity index is 2.30. The van der Waals surface area contributed by atoms with Crippen molar-refractivity contribution in [3.05, 3.63) is 34.1 Å². The van der Waals surface area contributed by atoms with Crippen molar-refractivity contribution in [3.63, 3.8) is 0 Å². The molecule has 0 aromatic heterocycles. The van der Waals surface area contributed by atoms with Gasteiger partial charge in [-0.15, -0.1) is 0 Å². The van der Waals surface area contributed by atoms with Gasteiger partial charge in [0.2, 0.25) is 0 Å². The summed E-state index contributed by atoms with van der Waals surface area (Å²) in [7, 11) is 0. The number of unbranched alkanes of at least 4 members (excludes halogenated alkanes) is 3. The number of rotatable bonds is 7. The van der Waals surface area contributed by atoms with Crippen LogP contribution in [0.1, 0.15) is 36.0 Å². The fraction of sp³-hybridized carbons (Fsp3) is 0.462. The van der Waals surface area contributed by atoms with E-state index in [-0.39, 0.29) is 11.7 Å². The Hall–Kier alpha value is -0.170. The molecule has 0 saturated carbocycles. The van der Waals surface area contributed by atoms with E-state index < -0.39 is 0 Å². The number of halogens is 3. The second-order valence-electron chi connectivity index (χ2n) is 3.99. The third-order valence-corrected chi connectivity index (χ3v) is 3.90. The smallest absolute Gasteiger partial charge is 0.251 e. The molecule has 18 heavy (non-hydrogen) atoms. The highest BCUT2D eigenvalue weighted by Gasteiger charge is 2.07. The number of carbonyl (C=O) groups excluding carboxylic acids is 1. The van der Waals surface area contributed by atoms with Crippen LogP contribution >= 0.6 is 38.5 Å². The van der Waals surface area contributed by atoms with Crippen LogP contribution < -0.4 is 5.32 Å². The maximum atomic E-state index is 13.0. The van der Waals surface area contributed by atoms with E-state index >= 15 is 0 Å². The number of hydrogen-bond donors (Lipinski definition) is 1. The maximum Gasteiger partial charge on any atom is 0.251 e. The van der Waals surface area contributed by atoms with Crippen LogP contribution in [-0.4, -0.2) is 16.9 Å². The number of nitrogens with one attached hydrogen (secondary N) is 1. The predicted molar refractivity (Wildman–Crippen MR) is 83.8 cm³/mol. The van der Waals surface area contributed by atoms with Crippen molar-refractivity contribution in [3.8, 4) is 0 Å². The number of hydrogen-bond acceptors (Lipinski definition) is 1. The van der Waals surface area contributed by atoms with E-state index in [1.807, 2.05) is 0 Å². The lowest BCUT2D eigenvalue weighted by atomic mass is 10.2. The summed E-state index contributed by atoms with van der Waals surface area (Å²) < 4.78 is 14.5. The Kier molecular flexibility index (Phi) is 7.81. The zero-order valence-corrected chi connectivity index (χ0v) is 13.8. The molecule has 1 rings (SSSR count). The van der Waals surface area contributed by atoms with Crippen LogP contribution in [-0.2, 0) is 0 Å². The Morgan fingerprint density at radius 2 is 2.00 bits per heavy atom. The fourth-order valence-electron chi connectivity index (χ4n) is 1.51. The molecule has 0 atom stereocenters. The zero-order valence-electron chi connectivity index (χ0n) is 10.0. The molecule has 5 heteroatoms. The normalized spacial score (nSPS) is 10.4. The highest BCUT2D eigenvalue weighted by molar-refractivity contribution is 14.1. The Morgan fingerprint density at radius 3 is 2.67 bits per heavy atom. The highest BCUT2D eigenvalue weighted by atomic mass is 127. The van der Waals surface area contributed by atoms with Gasteiger partial charge in [-0.05, 0) is 51.4 Å². The van der Waals surface area contributed by atoms with Gasteiger partial charge in [-0.2, -0.15) is 0 Å². The minimum atomic E-state index is -0.356. The largest absolute Gasteiger partial charge is 0.352 e. The summed E-state index contributed by atoms with van der Waals surface area (Å²) in [5.74, 6) is -0.505. The van der Waals surface area contributed by atoms with Crippen LogP contribution in [0.25, 0.3) is 0 Å². The average Bonchev–Trinajstić information content (AvgIpc) is 2.36. The van der Waals surface area contributed by atoms with Crippen LogP contribution in [0, 0.1) is 5.82 Å². The van der Waals surface area contributed by atoms with E-state index in [2.05, 4.69) is 43.8 Å². The summed E-state index contributed by atoms with van der Waals surface area (Å²) in [6.45, 7) is 0.676. The van der Waals surface area contributed by atoms with Crippen LogP contribution in [0.3, 0.4) is 0 Å². The standard InChI is InChI=1S/C13H16BrFINO/c14-11-9-10(5-6-12(11)15)13(18)17-8-4-2-1-3-7-16/h5-6,9H,1-4,7-8H2,(H,17,18). The molecule has 0 radical (unpaired) electrons.